The maximum absolute atomic E-state index is 12.7. The van der Waals surface area contributed by atoms with Crippen molar-refractivity contribution in [1.82, 2.24) is 5.32 Å². The van der Waals surface area contributed by atoms with Crippen molar-refractivity contribution in [3.05, 3.63) is 65.7 Å². The number of hydrogen-bond acceptors (Lipinski definition) is 5. The van der Waals surface area contributed by atoms with Gasteiger partial charge in [0.2, 0.25) is 5.91 Å². The lowest BCUT2D eigenvalue weighted by Gasteiger charge is -2.28. The van der Waals surface area contributed by atoms with E-state index in [1.165, 1.54) is 0 Å². The molecular formula is C20H20N2O4. The summed E-state index contributed by atoms with van der Waals surface area (Å²) in [5.74, 6) is -0.901. The van der Waals surface area contributed by atoms with Crippen molar-refractivity contribution in [2.75, 3.05) is 13.7 Å². The quantitative estimate of drug-likeness (QED) is 0.662. The summed E-state index contributed by atoms with van der Waals surface area (Å²) in [4.78, 5) is 29.7. The van der Waals surface area contributed by atoms with Crippen molar-refractivity contribution in [3.63, 3.8) is 0 Å². The average Bonchev–Trinajstić information content (AvgIpc) is 2.68. The predicted octanol–water partition coefficient (Wildman–Crippen LogP) is 2.49. The van der Waals surface area contributed by atoms with Crippen LogP contribution >= 0.6 is 0 Å². The van der Waals surface area contributed by atoms with Gasteiger partial charge < -0.3 is 14.8 Å². The van der Waals surface area contributed by atoms with Gasteiger partial charge in [-0.3, -0.25) is 14.6 Å². The summed E-state index contributed by atoms with van der Waals surface area (Å²) >= 11 is 0. The third kappa shape index (κ3) is 3.59. The van der Waals surface area contributed by atoms with Gasteiger partial charge in [0.25, 0.3) is 0 Å². The molecule has 0 unspecified atom stereocenters. The minimum Gasteiger partial charge on any atom is -0.497 e. The Hall–Kier alpha value is -3.15. The number of hydrogen-bond donors (Lipinski definition) is 1. The second-order valence-corrected chi connectivity index (χ2v) is 5.78. The second-order valence-electron chi connectivity index (χ2n) is 5.78. The molecule has 0 fully saturated rings. The maximum Gasteiger partial charge on any atom is 0.321 e. The molecule has 0 aliphatic carbocycles. The zero-order chi connectivity index (χ0) is 18.5. The molecule has 6 heteroatoms. The van der Waals surface area contributed by atoms with E-state index in [1.54, 1.807) is 38.3 Å². The lowest BCUT2D eigenvalue weighted by Crippen LogP contribution is -2.47. The van der Waals surface area contributed by atoms with Crippen molar-refractivity contribution in [2.45, 2.75) is 13.0 Å². The number of rotatable bonds is 5. The monoisotopic (exact) mass is 352 g/mol. The number of methoxy groups -OCH3 is 1. The van der Waals surface area contributed by atoms with Crippen LogP contribution in [-0.2, 0) is 14.3 Å². The molecular weight excluding hydrogens is 332 g/mol. The van der Waals surface area contributed by atoms with Gasteiger partial charge in [0, 0.05) is 5.56 Å². The molecule has 2 aromatic carbocycles. The zero-order valence-corrected chi connectivity index (χ0v) is 14.6. The van der Waals surface area contributed by atoms with Gasteiger partial charge in [-0.1, -0.05) is 42.5 Å². The van der Waals surface area contributed by atoms with E-state index in [0.717, 1.165) is 11.1 Å². The molecule has 6 nitrogen and oxygen atoms in total. The molecule has 1 aliphatic heterocycles. The Morgan fingerprint density at radius 2 is 1.81 bits per heavy atom. The van der Waals surface area contributed by atoms with E-state index >= 15 is 0 Å². The molecule has 0 spiro atoms. The molecule has 0 bridgehead atoms. The third-order valence-electron chi connectivity index (χ3n) is 4.15. The number of aliphatic imine (C=N–C) groups is 1. The van der Waals surface area contributed by atoms with Gasteiger partial charge >= 0.3 is 5.97 Å². The molecule has 1 N–H and O–H groups in total. The van der Waals surface area contributed by atoms with E-state index in [-0.39, 0.29) is 6.61 Å². The summed E-state index contributed by atoms with van der Waals surface area (Å²) in [6, 6.07) is 15.8. The average molecular weight is 352 g/mol. The van der Waals surface area contributed by atoms with Crippen molar-refractivity contribution < 1.29 is 19.1 Å². The standard InChI is InChI=1S/C20H20N2O4/c1-3-26-20(24)16-17(13-9-11-15(25-2)12-10-13)21-18(22-19(16)23)14-7-5-4-6-8-14/h4-12,16-17H,3H2,1-2H3,(H,21,22,23)/t16-,17-/m1/s1. The summed E-state index contributed by atoms with van der Waals surface area (Å²) in [5, 5.41) is 2.73. The van der Waals surface area contributed by atoms with Gasteiger partial charge in [-0.05, 0) is 24.6 Å². The number of benzene rings is 2. The zero-order valence-electron chi connectivity index (χ0n) is 14.6. The fraction of sp³-hybridized carbons (Fsp3) is 0.250. The number of nitrogens with zero attached hydrogens (tertiary/aromatic N) is 1. The fourth-order valence-corrected chi connectivity index (χ4v) is 2.86. The van der Waals surface area contributed by atoms with Gasteiger partial charge in [-0.15, -0.1) is 0 Å². The molecule has 2 aromatic rings. The molecule has 1 aliphatic rings. The first-order chi connectivity index (χ1) is 12.6. The van der Waals surface area contributed by atoms with Crippen molar-refractivity contribution in [1.29, 1.82) is 0 Å². The number of carbonyl (C=O) groups excluding carboxylic acids is 2. The summed E-state index contributed by atoms with van der Waals surface area (Å²) in [6.07, 6.45) is 0. The van der Waals surface area contributed by atoms with E-state index in [4.69, 9.17) is 9.47 Å². The van der Waals surface area contributed by atoms with Crippen LogP contribution in [-0.4, -0.2) is 31.4 Å². The molecule has 2 atom stereocenters. The van der Waals surface area contributed by atoms with Gasteiger partial charge in [0.1, 0.15) is 11.6 Å². The summed E-state index contributed by atoms with van der Waals surface area (Å²) in [7, 11) is 1.58. The summed E-state index contributed by atoms with van der Waals surface area (Å²) < 4.78 is 10.3. The van der Waals surface area contributed by atoms with Crippen molar-refractivity contribution >= 4 is 17.7 Å². The molecule has 134 valence electrons. The topological polar surface area (TPSA) is 77.0 Å². The summed E-state index contributed by atoms with van der Waals surface area (Å²) in [6.45, 7) is 1.91. The largest absolute Gasteiger partial charge is 0.497 e. The molecule has 0 saturated carbocycles. The Labute approximate surface area is 151 Å². The highest BCUT2D eigenvalue weighted by atomic mass is 16.5. The van der Waals surface area contributed by atoms with Crippen LogP contribution in [0.1, 0.15) is 24.1 Å². The second kappa shape index (κ2) is 7.82. The number of amidine groups is 1. The number of carbonyl (C=O) groups is 2. The van der Waals surface area contributed by atoms with Crippen LogP contribution in [0.2, 0.25) is 0 Å². The molecule has 0 saturated heterocycles. The Morgan fingerprint density at radius 3 is 2.42 bits per heavy atom. The summed E-state index contributed by atoms with van der Waals surface area (Å²) in [5.41, 5.74) is 1.52. The first-order valence-corrected chi connectivity index (χ1v) is 8.38. The van der Waals surface area contributed by atoms with Crippen LogP contribution in [0.3, 0.4) is 0 Å². The van der Waals surface area contributed by atoms with Crippen molar-refractivity contribution in [3.8, 4) is 5.75 Å². The SMILES string of the molecule is CCOC(=O)[C@H]1C(=O)NC(c2ccccc2)=N[C@@H]1c1ccc(OC)cc1. The molecule has 26 heavy (non-hydrogen) atoms. The minimum atomic E-state index is -1.03. The van der Waals surface area contributed by atoms with Crippen LogP contribution in [0.25, 0.3) is 0 Å². The number of nitrogens with one attached hydrogen (secondary N) is 1. The van der Waals surface area contributed by atoms with E-state index < -0.39 is 23.8 Å². The van der Waals surface area contributed by atoms with E-state index in [1.807, 2.05) is 30.3 Å². The van der Waals surface area contributed by atoms with Crippen LogP contribution < -0.4 is 10.1 Å². The number of ether oxygens (including phenoxy) is 2. The number of amides is 1. The molecule has 1 amide bonds. The van der Waals surface area contributed by atoms with Crippen LogP contribution in [0.15, 0.2) is 59.6 Å². The van der Waals surface area contributed by atoms with Crippen LogP contribution in [0, 0.1) is 5.92 Å². The van der Waals surface area contributed by atoms with Crippen LogP contribution in [0.5, 0.6) is 5.75 Å². The lowest BCUT2D eigenvalue weighted by molar-refractivity contribution is -0.153. The van der Waals surface area contributed by atoms with Gasteiger partial charge in [0.05, 0.1) is 19.8 Å². The van der Waals surface area contributed by atoms with E-state index in [9.17, 15) is 9.59 Å². The normalized spacial score (nSPS) is 19.3. The predicted molar refractivity (Wildman–Crippen MR) is 97.0 cm³/mol. The molecule has 1 heterocycles. The van der Waals surface area contributed by atoms with Crippen LogP contribution in [0.4, 0.5) is 0 Å². The minimum absolute atomic E-state index is 0.202. The Balaban J connectivity index is 2.04. The highest BCUT2D eigenvalue weighted by Crippen LogP contribution is 2.32. The Kier molecular flexibility index (Phi) is 5.31. The first kappa shape index (κ1) is 17.7. The highest BCUT2D eigenvalue weighted by molar-refractivity contribution is 6.14. The third-order valence-corrected chi connectivity index (χ3v) is 4.15. The molecule has 0 radical (unpaired) electrons. The maximum atomic E-state index is 12.7. The van der Waals surface area contributed by atoms with E-state index in [2.05, 4.69) is 10.3 Å². The molecule has 0 aromatic heterocycles. The fourth-order valence-electron chi connectivity index (χ4n) is 2.86. The van der Waals surface area contributed by atoms with Crippen molar-refractivity contribution in [2.24, 2.45) is 10.9 Å². The van der Waals surface area contributed by atoms with Gasteiger partial charge in [-0.25, -0.2) is 0 Å². The highest BCUT2D eigenvalue weighted by Gasteiger charge is 2.41. The molecule has 3 rings (SSSR count). The van der Waals surface area contributed by atoms with E-state index in [0.29, 0.717) is 11.6 Å². The first-order valence-electron chi connectivity index (χ1n) is 8.38. The Morgan fingerprint density at radius 1 is 1.12 bits per heavy atom. The smallest absolute Gasteiger partial charge is 0.321 e. The number of esters is 1. The Bertz CT molecular complexity index is 815. The lowest BCUT2D eigenvalue weighted by atomic mass is 9.90. The van der Waals surface area contributed by atoms with Gasteiger partial charge in [0.15, 0.2) is 5.92 Å². The van der Waals surface area contributed by atoms with Gasteiger partial charge in [-0.2, -0.15) is 0 Å².